The zero-order valence-corrected chi connectivity index (χ0v) is 18.5. The quantitative estimate of drug-likeness (QED) is 0.379. The number of hydrogen-bond acceptors (Lipinski definition) is 3. The normalized spacial score (nSPS) is 17.4. The van der Waals surface area contributed by atoms with Gasteiger partial charge in [0.15, 0.2) is 5.96 Å². The summed E-state index contributed by atoms with van der Waals surface area (Å²) in [5.41, 5.74) is 3.45. The molecule has 2 heterocycles. The Kier molecular flexibility index (Phi) is 9.00. The fourth-order valence-corrected chi connectivity index (χ4v) is 3.46. The number of aliphatic imine (C=N–C) groups is 1. The molecule has 27 heavy (non-hydrogen) atoms. The third-order valence-electron chi connectivity index (χ3n) is 4.84. The van der Waals surface area contributed by atoms with E-state index in [4.69, 9.17) is 0 Å². The summed E-state index contributed by atoms with van der Waals surface area (Å²) in [4.78, 5) is 11.4. The van der Waals surface area contributed by atoms with E-state index in [1.54, 1.807) is 0 Å². The maximum absolute atomic E-state index is 4.52. The highest BCUT2D eigenvalue weighted by atomic mass is 127. The topological polar surface area (TPSA) is 52.6 Å². The van der Waals surface area contributed by atoms with E-state index in [-0.39, 0.29) is 24.0 Å². The summed E-state index contributed by atoms with van der Waals surface area (Å²) >= 11 is 0. The second-order valence-electron chi connectivity index (χ2n) is 6.83. The Bertz CT molecular complexity index is 720. The molecule has 146 valence electrons. The Balaban J connectivity index is 0.00000261. The van der Waals surface area contributed by atoms with Gasteiger partial charge < -0.3 is 10.6 Å². The van der Waals surface area contributed by atoms with Gasteiger partial charge in [0, 0.05) is 31.9 Å². The van der Waals surface area contributed by atoms with Crippen molar-refractivity contribution in [2.45, 2.75) is 38.9 Å². The summed E-state index contributed by atoms with van der Waals surface area (Å²) in [6.45, 7) is 5.79. The zero-order valence-electron chi connectivity index (χ0n) is 16.2. The molecule has 1 aromatic heterocycles. The van der Waals surface area contributed by atoms with E-state index < -0.39 is 0 Å². The Morgan fingerprint density at radius 2 is 1.96 bits per heavy atom. The van der Waals surface area contributed by atoms with Crippen molar-refractivity contribution in [2.24, 2.45) is 4.99 Å². The Morgan fingerprint density at radius 1 is 1.15 bits per heavy atom. The molecule has 0 amide bonds. The van der Waals surface area contributed by atoms with Crippen LogP contribution in [0.15, 0.2) is 53.5 Å². The van der Waals surface area contributed by atoms with Crippen LogP contribution in [0.25, 0.3) is 0 Å². The molecule has 1 aliphatic rings. The number of aryl methyl sites for hydroxylation is 1. The number of nitrogens with zero attached hydrogens (tertiary/aromatic N) is 3. The van der Waals surface area contributed by atoms with Gasteiger partial charge in [-0.3, -0.25) is 14.9 Å². The summed E-state index contributed by atoms with van der Waals surface area (Å²) in [7, 11) is 1.81. The standard InChI is InChI=1S/C21H29N5.HI/c1-17-8-6-11-19(25-17)14-23-21(22-2)24-15-20-12-7-13-26(20)16-18-9-4-3-5-10-18;/h3-6,8-11,20H,7,12-16H2,1-2H3,(H2,22,23,24);1H. The molecule has 1 aliphatic heterocycles. The molecular formula is C21H30IN5. The lowest BCUT2D eigenvalue weighted by atomic mass is 10.2. The highest BCUT2D eigenvalue weighted by Crippen LogP contribution is 2.19. The van der Waals surface area contributed by atoms with Gasteiger partial charge in [-0.05, 0) is 44.0 Å². The smallest absolute Gasteiger partial charge is 0.191 e. The maximum Gasteiger partial charge on any atom is 0.191 e. The monoisotopic (exact) mass is 479 g/mol. The number of rotatable bonds is 6. The van der Waals surface area contributed by atoms with Gasteiger partial charge in [0.1, 0.15) is 0 Å². The number of nitrogens with one attached hydrogen (secondary N) is 2. The number of halogens is 1. The molecule has 1 unspecified atom stereocenters. The van der Waals surface area contributed by atoms with Crippen LogP contribution in [0, 0.1) is 6.92 Å². The van der Waals surface area contributed by atoms with E-state index in [1.807, 2.05) is 32.2 Å². The van der Waals surface area contributed by atoms with Gasteiger partial charge in [0.05, 0.1) is 12.2 Å². The van der Waals surface area contributed by atoms with E-state index in [1.165, 1.54) is 24.9 Å². The lowest BCUT2D eigenvalue weighted by molar-refractivity contribution is 0.245. The second-order valence-corrected chi connectivity index (χ2v) is 6.83. The molecule has 2 aromatic rings. The van der Waals surface area contributed by atoms with E-state index in [2.05, 4.69) is 55.8 Å². The first-order valence-corrected chi connectivity index (χ1v) is 9.39. The van der Waals surface area contributed by atoms with Gasteiger partial charge >= 0.3 is 0 Å². The third kappa shape index (κ3) is 6.77. The predicted molar refractivity (Wildman–Crippen MR) is 122 cm³/mol. The SMILES string of the molecule is CN=C(NCc1cccc(C)n1)NCC1CCCN1Cc1ccccc1.I. The van der Waals surface area contributed by atoms with Crippen LogP contribution < -0.4 is 10.6 Å². The molecule has 1 fully saturated rings. The minimum Gasteiger partial charge on any atom is -0.355 e. The van der Waals surface area contributed by atoms with E-state index in [0.717, 1.165) is 30.4 Å². The van der Waals surface area contributed by atoms with Crippen molar-refractivity contribution in [2.75, 3.05) is 20.1 Å². The van der Waals surface area contributed by atoms with Crippen LogP contribution in [0.3, 0.4) is 0 Å². The van der Waals surface area contributed by atoms with Crippen molar-refractivity contribution in [3.05, 3.63) is 65.5 Å². The molecule has 3 rings (SSSR count). The van der Waals surface area contributed by atoms with Crippen LogP contribution in [-0.2, 0) is 13.1 Å². The Hall–Kier alpha value is -1.67. The van der Waals surface area contributed by atoms with Crippen LogP contribution in [0.1, 0.15) is 29.8 Å². The maximum atomic E-state index is 4.52. The number of hydrogen-bond donors (Lipinski definition) is 2. The number of likely N-dealkylation sites (tertiary alicyclic amines) is 1. The minimum atomic E-state index is 0. The number of aromatic nitrogens is 1. The molecule has 6 heteroatoms. The molecule has 0 bridgehead atoms. The largest absolute Gasteiger partial charge is 0.355 e. The van der Waals surface area contributed by atoms with Crippen molar-refractivity contribution in [3.8, 4) is 0 Å². The van der Waals surface area contributed by atoms with Crippen LogP contribution in [0.2, 0.25) is 0 Å². The molecular weight excluding hydrogens is 449 g/mol. The Morgan fingerprint density at radius 3 is 2.70 bits per heavy atom. The summed E-state index contributed by atoms with van der Waals surface area (Å²) in [6, 6.07) is 17.3. The second kappa shape index (κ2) is 11.2. The Labute approximate surface area is 179 Å². The molecule has 1 atom stereocenters. The van der Waals surface area contributed by atoms with Gasteiger partial charge in [-0.15, -0.1) is 24.0 Å². The summed E-state index contributed by atoms with van der Waals surface area (Å²) < 4.78 is 0. The molecule has 1 aromatic carbocycles. The first-order chi connectivity index (χ1) is 12.7. The molecule has 5 nitrogen and oxygen atoms in total. The molecule has 0 aliphatic carbocycles. The summed E-state index contributed by atoms with van der Waals surface area (Å²) in [6.07, 6.45) is 2.49. The van der Waals surface area contributed by atoms with Crippen molar-refractivity contribution < 1.29 is 0 Å². The fraction of sp³-hybridized carbons (Fsp3) is 0.429. The van der Waals surface area contributed by atoms with Crippen LogP contribution in [0.4, 0.5) is 0 Å². The third-order valence-corrected chi connectivity index (χ3v) is 4.84. The van der Waals surface area contributed by atoms with Crippen molar-refractivity contribution in [1.82, 2.24) is 20.5 Å². The van der Waals surface area contributed by atoms with Gasteiger partial charge in [-0.1, -0.05) is 36.4 Å². The van der Waals surface area contributed by atoms with E-state index >= 15 is 0 Å². The zero-order chi connectivity index (χ0) is 18.2. The van der Waals surface area contributed by atoms with Gasteiger partial charge in [-0.25, -0.2) is 0 Å². The average molecular weight is 479 g/mol. The number of guanidine groups is 1. The highest BCUT2D eigenvalue weighted by molar-refractivity contribution is 14.0. The predicted octanol–water partition coefficient (Wildman–Crippen LogP) is 3.34. The first kappa shape index (κ1) is 21.6. The average Bonchev–Trinajstić information content (AvgIpc) is 3.10. The van der Waals surface area contributed by atoms with Crippen LogP contribution >= 0.6 is 24.0 Å². The number of benzene rings is 1. The van der Waals surface area contributed by atoms with Crippen molar-refractivity contribution in [1.29, 1.82) is 0 Å². The van der Waals surface area contributed by atoms with Crippen molar-refractivity contribution in [3.63, 3.8) is 0 Å². The summed E-state index contributed by atoms with van der Waals surface area (Å²) in [5.74, 6) is 0.833. The summed E-state index contributed by atoms with van der Waals surface area (Å²) in [5, 5.41) is 6.84. The lowest BCUT2D eigenvalue weighted by Crippen LogP contribution is -2.44. The molecule has 0 saturated carbocycles. The van der Waals surface area contributed by atoms with E-state index in [9.17, 15) is 0 Å². The first-order valence-electron chi connectivity index (χ1n) is 9.39. The molecule has 0 spiro atoms. The van der Waals surface area contributed by atoms with Gasteiger partial charge in [-0.2, -0.15) is 0 Å². The molecule has 0 radical (unpaired) electrons. The van der Waals surface area contributed by atoms with Crippen molar-refractivity contribution >= 4 is 29.9 Å². The van der Waals surface area contributed by atoms with E-state index in [0.29, 0.717) is 12.6 Å². The number of pyridine rings is 1. The fourth-order valence-electron chi connectivity index (χ4n) is 3.46. The molecule has 2 N–H and O–H groups in total. The van der Waals surface area contributed by atoms with Gasteiger partial charge in [0.25, 0.3) is 0 Å². The highest BCUT2D eigenvalue weighted by Gasteiger charge is 2.24. The minimum absolute atomic E-state index is 0. The van der Waals surface area contributed by atoms with Crippen LogP contribution in [-0.4, -0.2) is 42.0 Å². The molecule has 1 saturated heterocycles. The van der Waals surface area contributed by atoms with Crippen LogP contribution in [0.5, 0.6) is 0 Å². The van der Waals surface area contributed by atoms with Gasteiger partial charge in [0.2, 0.25) is 0 Å². The lowest BCUT2D eigenvalue weighted by Gasteiger charge is -2.25.